The summed E-state index contributed by atoms with van der Waals surface area (Å²) >= 11 is 0. The van der Waals surface area contributed by atoms with E-state index in [-0.39, 0.29) is 36.1 Å². The summed E-state index contributed by atoms with van der Waals surface area (Å²) in [6, 6.07) is 20.0. The van der Waals surface area contributed by atoms with Crippen LogP contribution in [0.2, 0.25) is 0 Å². The van der Waals surface area contributed by atoms with E-state index in [1.165, 1.54) is 12.1 Å². The summed E-state index contributed by atoms with van der Waals surface area (Å²) in [6.45, 7) is 6.39. The van der Waals surface area contributed by atoms with Crippen LogP contribution in [0, 0.1) is 18.6 Å². The molecule has 0 radical (unpaired) electrons. The second-order valence-corrected chi connectivity index (χ2v) is 11.9. The zero-order chi connectivity index (χ0) is 32.4. The minimum atomic E-state index is -1.01. The van der Waals surface area contributed by atoms with Gasteiger partial charge in [-0.3, -0.25) is 0 Å². The molecule has 3 aromatic carbocycles. The number of rotatable bonds is 9. The van der Waals surface area contributed by atoms with E-state index in [9.17, 15) is 14.3 Å². The average Bonchev–Trinajstić information content (AvgIpc) is 3.76. The van der Waals surface area contributed by atoms with Crippen LogP contribution in [0.15, 0.2) is 72.8 Å². The van der Waals surface area contributed by atoms with Crippen LogP contribution < -0.4 is 4.74 Å². The predicted molar refractivity (Wildman–Crippen MR) is 172 cm³/mol. The molecule has 46 heavy (non-hydrogen) atoms. The lowest BCUT2D eigenvalue weighted by Crippen LogP contribution is -2.31. The third kappa shape index (κ3) is 6.37. The number of fused-ring (bicyclic) bond motifs is 3. The summed E-state index contributed by atoms with van der Waals surface area (Å²) in [7, 11) is 0. The standard InChI is InChI=1S/C35H31F2N3O4.C2H6/c1-21-5-6-25(27(36)15-21)19-43-33-4-2-3-29(39-33)23-8-7-22(28(37)16-23)18-32-38-30-10-9-24(34(41)42)17-31(30)40(32)20-35-13-11-26(44-35)12-14-35;1-2/h2-10,15-17,26H,11-14,18-20H2,1H3,(H,41,42);1-2H3. The number of aryl methyl sites for hydroxylation is 1. The van der Waals surface area contributed by atoms with Crippen molar-refractivity contribution in [3.8, 4) is 17.1 Å². The molecule has 5 aromatic rings. The molecule has 2 aliphatic heterocycles. The van der Waals surface area contributed by atoms with Gasteiger partial charge in [0, 0.05) is 23.6 Å². The molecule has 2 saturated heterocycles. The van der Waals surface area contributed by atoms with Crippen LogP contribution in [-0.2, 0) is 24.3 Å². The van der Waals surface area contributed by atoms with Gasteiger partial charge in [-0.1, -0.05) is 44.2 Å². The van der Waals surface area contributed by atoms with E-state index < -0.39 is 11.8 Å². The first-order valence-corrected chi connectivity index (χ1v) is 15.8. The van der Waals surface area contributed by atoms with Gasteiger partial charge < -0.3 is 19.1 Å². The van der Waals surface area contributed by atoms with Crippen molar-refractivity contribution >= 4 is 17.0 Å². The van der Waals surface area contributed by atoms with Gasteiger partial charge in [0.2, 0.25) is 5.88 Å². The van der Waals surface area contributed by atoms with E-state index in [2.05, 4.69) is 4.98 Å². The van der Waals surface area contributed by atoms with E-state index in [1.54, 1.807) is 54.6 Å². The quantitative estimate of drug-likeness (QED) is 0.177. The number of carboxylic acid groups (broad SMARTS) is 1. The van der Waals surface area contributed by atoms with Gasteiger partial charge in [-0.25, -0.2) is 23.5 Å². The largest absolute Gasteiger partial charge is 0.478 e. The Morgan fingerprint density at radius 1 is 0.978 bits per heavy atom. The van der Waals surface area contributed by atoms with Crippen molar-refractivity contribution in [1.29, 1.82) is 0 Å². The molecule has 0 unspecified atom stereocenters. The van der Waals surface area contributed by atoms with Crippen molar-refractivity contribution < 1.29 is 28.2 Å². The summed E-state index contributed by atoms with van der Waals surface area (Å²) in [6.07, 6.45) is 4.40. The number of hydrogen-bond donors (Lipinski definition) is 1. The van der Waals surface area contributed by atoms with Crippen LogP contribution in [-0.4, -0.2) is 37.3 Å². The highest BCUT2D eigenvalue weighted by molar-refractivity contribution is 5.92. The van der Waals surface area contributed by atoms with Crippen LogP contribution in [0.1, 0.15) is 72.4 Å². The maximum absolute atomic E-state index is 15.6. The highest BCUT2D eigenvalue weighted by atomic mass is 19.1. The van der Waals surface area contributed by atoms with Gasteiger partial charge in [0.1, 0.15) is 24.1 Å². The molecule has 0 aliphatic carbocycles. The Bertz CT molecular complexity index is 1900. The average molecular weight is 626 g/mol. The van der Waals surface area contributed by atoms with E-state index in [0.717, 1.165) is 31.2 Å². The lowest BCUT2D eigenvalue weighted by Gasteiger charge is -2.26. The Morgan fingerprint density at radius 3 is 2.43 bits per heavy atom. The molecular weight excluding hydrogens is 588 g/mol. The lowest BCUT2D eigenvalue weighted by atomic mass is 9.88. The van der Waals surface area contributed by atoms with E-state index in [0.29, 0.717) is 51.7 Å². The Balaban J connectivity index is 0.00000182. The Hall–Kier alpha value is -4.63. The zero-order valence-electron chi connectivity index (χ0n) is 26.2. The van der Waals surface area contributed by atoms with Crippen LogP contribution in [0.4, 0.5) is 8.78 Å². The number of benzene rings is 3. The molecule has 4 heterocycles. The van der Waals surface area contributed by atoms with Crippen LogP contribution in [0.3, 0.4) is 0 Å². The van der Waals surface area contributed by atoms with Gasteiger partial charge in [0.15, 0.2) is 0 Å². The second kappa shape index (κ2) is 13.0. The summed E-state index contributed by atoms with van der Waals surface area (Å²) in [5, 5.41) is 9.61. The normalized spacial score (nSPS) is 18.4. The van der Waals surface area contributed by atoms with E-state index in [4.69, 9.17) is 14.5 Å². The van der Waals surface area contributed by atoms with Gasteiger partial charge in [0.25, 0.3) is 0 Å². The molecule has 0 amide bonds. The molecular formula is C37H37F2N3O4. The molecule has 7 rings (SSSR count). The first-order chi connectivity index (χ1) is 22.2. The molecule has 9 heteroatoms. The van der Waals surface area contributed by atoms with Crippen molar-refractivity contribution in [3.05, 3.63) is 113 Å². The highest BCUT2D eigenvalue weighted by Gasteiger charge is 2.46. The first kappa shape index (κ1) is 31.4. The van der Waals surface area contributed by atoms with Gasteiger partial charge >= 0.3 is 5.97 Å². The fraction of sp³-hybridized carbons (Fsp3) is 0.324. The molecule has 0 atom stereocenters. The van der Waals surface area contributed by atoms with E-state index >= 15 is 4.39 Å². The Morgan fingerprint density at radius 2 is 1.74 bits per heavy atom. The van der Waals surface area contributed by atoms with Crippen molar-refractivity contribution in [3.63, 3.8) is 0 Å². The number of pyridine rings is 1. The monoisotopic (exact) mass is 625 g/mol. The number of aromatic nitrogens is 3. The molecule has 0 spiro atoms. The number of hydrogen-bond acceptors (Lipinski definition) is 5. The van der Waals surface area contributed by atoms with Gasteiger partial charge in [-0.15, -0.1) is 0 Å². The number of aromatic carboxylic acids is 1. The molecule has 7 nitrogen and oxygen atoms in total. The lowest BCUT2D eigenvalue weighted by molar-refractivity contribution is 0.000838. The summed E-state index contributed by atoms with van der Waals surface area (Å²) in [4.78, 5) is 21.1. The number of nitrogens with zero attached hydrogens (tertiary/aromatic N) is 3. The Labute approximate surface area is 266 Å². The van der Waals surface area contributed by atoms with E-state index in [1.807, 2.05) is 31.4 Å². The first-order valence-electron chi connectivity index (χ1n) is 15.8. The van der Waals surface area contributed by atoms with Crippen molar-refractivity contribution in [2.75, 3.05) is 0 Å². The molecule has 2 aliphatic rings. The topological polar surface area (TPSA) is 86.5 Å². The SMILES string of the molecule is CC.Cc1ccc(COc2cccc(-c3ccc(Cc4nc5ccc(C(=O)O)cc5n4CC45CCC(CC4)O5)c(F)c3)n2)c(F)c1. The Kier molecular flexibility index (Phi) is 8.86. The second-order valence-electron chi connectivity index (χ2n) is 11.9. The summed E-state index contributed by atoms with van der Waals surface area (Å²) in [5.74, 6) is -0.788. The van der Waals surface area contributed by atoms with Gasteiger partial charge in [0.05, 0.1) is 40.5 Å². The van der Waals surface area contributed by atoms with Gasteiger partial charge in [-0.05, 0) is 80.1 Å². The fourth-order valence-electron chi connectivity index (χ4n) is 6.40. The molecule has 2 fully saturated rings. The van der Waals surface area contributed by atoms with Crippen molar-refractivity contribution in [1.82, 2.24) is 14.5 Å². The van der Waals surface area contributed by atoms with Gasteiger partial charge in [-0.2, -0.15) is 0 Å². The fourth-order valence-corrected chi connectivity index (χ4v) is 6.40. The number of ether oxygens (including phenoxy) is 2. The zero-order valence-corrected chi connectivity index (χ0v) is 26.2. The van der Waals surface area contributed by atoms with Crippen LogP contribution >= 0.6 is 0 Å². The van der Waals surface area contributed by atoms with Crippen LogP contribution in [0.5, 0.6) is 5.88 Å². The predicted octanol–water partition coefficient (Wildman–Crippen LogP) is 8.29. The smallest absolute Gasteiger partial charge is 0.335 e. The maximum atomic E-state index is 15.6. The summed E-state index contributed by atoms with van der Waals surface area (Å²) < 4.78 is 44.0. The molecule has 2 bridgehead atoms. The van der Waals surface area contributed by atoms with Crippen molar-refractivity contribution in [2.45, 2.75) is 77.7 Å². The number of carbonyl (C=O) groups is 1. The maximum Gasteiger partial charge on any atom is 0.335 e. The van der Waals surface area contributed by atoms with Crippen LogP contribution in [0.25, 0.3) is 22.3 Å². The molecule has 2 aromatic heterocycles. The van der Waals surface area contributed by atoms with Crippen molar-refractivity contribution in [2.24, 2.45) is 0 Å². The third-order valence-corrected chi connectivity index (χ3v) is 8.79. The number of halogens is 2. The summed E-state index contributed by atoms with van der Waals surface area (Å²) in [5.41, 5.74) is 4.06. The third-order valence-electron chi connectivity index (χ3n) is 8.79. The number of carboxylic acids is 1. The molecule has 238 valence electrons. The highest BCUT2D eigenvalue weighted by Crippen LogP contribution is 2.45. The minimum Gasteiger partial charge on any atom is -0.478 e. The minimum absolute atomic E-state index is 0.0256. The molecule has 1 N–H and O–H groups in total. The molecule has 0 saturated carbocycles. The number of imidazole rings is 1.